The van der Waals surface area contributed by atoms with Gasteiger partial charge in [-0.3, -0.25) is 4.79 Å². The van der Waals surface area contributed by atoms with Crippen molar-refractivity contribution in [1.82, 2.24) is 0 Å². The number of nitrogen functional groups attached to an aromatic ring is 1. The molecular formula is C12H11NOS. The van der Waals surface area contributed by atoms with Crippen molar-refractivity contribution in [3.8, 4) is 0 Å². The van der Waals surface area contributed by atoms with Crippen LogP contribution in [-0.4, -0.2) is 5.78 Å². The highest BCUT2D eigenvalue weighted by Crippen LogP contribution is 2.17. The molecule has 0 aliphatic rings. The maximum atomic E-state index is 12.0. The van der Waals surface area contributed by atoms with Crippen LogP contribution in [0.4, 0.5) is 5.69 Å². The minimum atomic E-state index is 0.0339. The van der Waals surface area contributed by atoms with E-state index in [0.29, 0.717) is 11.3 Å². The number of nitrogens with two attached hydrogens (primary N) is 1. The van der Waals surface area contributed by atoms with Crippen LogP contribution in [-0.2, 0) is 0 Å². The van der Waals surface area contributed by atoms with Gasteiger partial charge in [-0.1, -0.05) is 0 Å². The summed E-state index contributed by atoms with van der Waals surface area (Å²) < 4.78 is 0. The fourth-order valence-electron chi connectivity index (χ4n) is 1.50. The van der Waals surface area contributed by atoms with Crippen LogP contribution in [0.5, 0.6) is 0 Å². The van der Waals surface area contributed by atoms with E-state index in [0.717, 1.165) is 11.1 Å². The standard InChI is InChI=1S/C12H11NOS/c1-8-4-10(6-11(13)5-8)12(14)9-2-3-15-7-9/h2-7H,13H2,1H3. The molecule has 2 N–H and O–H groups in total. The van der Waals surface area contributed by atoms with Gasteiger partial charge in [0.2, 0.25) is 0 Å². The molecule has 0 fully saturated rings. The third kappa shape index (κ3) is 2.07. The first kappa shape index (κ1) is 9.93. The van der Waals surface area contributed by atoms with Crippen molar-refractivity contribution in [3.05, 3.63) is 51.7 Å². The molecule has 2 nitrogen and oxygen atoms in total. The third-order valence-corrected chi connectivity index (χ3v) is 2.83. The largest absolute Gasteiger partial charge is 0.399 e. The van der Waals surface area contributed by atoms with E-state index in [4.69, 9.17) is 5.73 Å². The molecule has 76 valence electrons. The van der Waals surface area contributed by atoms with Crippen molar-refractivity contribution in [2.24, 2.45) is 0 Å². The molecule has 0 atom stereocenters. The fraction of sp³-hybridized carbons (Fsp3) is 0.0833. The van der Waals surface area contributed by atoms with Crippen LogP contribution in [0.2, 0.25) is 0 Å². The van der Waals surface area contributed by atoms with Crippen LogP contribution in [0.3, 0.4) is 0 Å². The molecule has 0 bridgehead atoms. The zero-order chi connectivity index (χ0) is 10.8. The number of carbonyl (C=O) groups is 1. The van der Waals surface area contributed by atoms with E-state index in [1.165, 1.54) is 11.3 Å². The minimum absolute atomic E-state index is 0.0339. The first-order valence-corrected chi connectivity index (χ1v) is 5.55. The van der Waals surface area contributed by atoms with Crippen LogP contribution in [0.1, 0.15) is 21.5 Å². The van der Waals surface area contributed by atoms with Gasteiger partial charge < -0.3 is 5.73 Å². The first-order valence-electron chi connectivity index (χ1n) is 4.61. The molecule has 1 aromatic heterocycles. The Morgan fingerprint density at radius 1 is 1.27 bits per heavy atom. The van der Waals surface area contributed by atoms with Gasteiger partial charge in [0, 0.05) is 22.2 Å². The zero-order valence-electron chi connectivity index (χ0n) is 8.36. The minimum Gasteiger partial charge on any atom is -0.399 e. The van der Waals surface area contributed by atoms with E-state index < -0.39 is 0 Å². The Hall–Kier alpha value is -1.61. The fourth-order valence-corrected chi connectivity index (χ4v) is 2.14. The van der Waals surface area contributed by atoms with Crippen molar-refractivity contribution in [2.45, 2.75) is 6.92 Å². The van der Waals surface area contributed by atoms with E-state index in [-0.39, 0.29) is 5.78 Å². The van der Waals surface area contributed by atoms with E-state index in [2.05, 4.69) is 0 Å². The first-order chi connectivity index (χ1) is 7.16. The van der Waals surface area contributed by atoms with Crippen molar-refractivity contribution < 1.29 is 4.79 Å². The van der Waals surface area contributed by atoms with E-state index in [1.54, 1.807) is 6.07 Å². The van der Waals surface area contributed by atoms with Crippen LogP contribution >= 0.6 is 11.3 Å². The molecule has 15 heavy (non-hydrogen) atoms. The second-order valence-corrected chi connectivity index (χ2v) is 4.25. The Bertz CT molecular complexity index is 468. The summed E-state index contributed by atoms with van der Waals surface area (Å²) in [6.45, 7) is 1.93. The molecule has 0 aliphatic heterocycles. The van der Waals surface area contributed by atoms with Crippen molar-refractivity contribution in [2.75, 3.05) is 5.73 Å². The van der Waals surface area contributed by atoms with Gasteiger partial charge in [-0.25, -0.2) is 0 Å². The van der Waals surface area contributed by atoms with Crippen molar-refractivity contribution in [3.63, 3.8) is 0 Å². The number of ketones is 1. The molecule has 0 saturated carbocycles. The number of aryl methyl sites for hydroxylation is 1. The summed E-state index contributed by atoms with van der Waals surface area (Å²) in [4.78, 5) is 12.0. The summed E-state index contributed by atoms with van der Waals surface area (Å²) in [5.41, 5.74) is 8.73. The SMILES string of the molecule is Cc1cc(N)cc(C(=O)c2ccsc2)c1. The molecule has 0 radical (unpaired) electrons. The van der Waals surface area contributed by atoms with Crippen LogP contribution in [0.25, 0.3) is 0 Å². The van der Waals surface area contributed by atoms with Gasteiger partial charge in [-0.05, 0) is 42.1 Å². The van der Waals surface area contributed by atoms with Gasteiger partial charge in [-0.2, -0.15) is 11.3 Å². The Labute approximate surface area is 92.4 Å². The Kier molecular flexibility index (Phi) is 2.56. The average Bonchev–Trinajstić information content (AvgIpc) is 2.67. The lowest BCUT2D eigenvalue weighted by Gasteiger charge is -2.02. The van der Waals surface area contributed by atoms with E-state index in [9.17, 15) is 4.79 Å². The molecule has 3 heteroatoms. The Morgan fingerprint density at radius 3 is 2.67 bits per heavy atom. The number of hydrogen-bond acceptors (Lipinski definition) is 3. The second kappa shape index (κ2) is 3.87. The van der Waals surface area contributed by atoms with Gasteiger partial charge >= 0.3 is 0 Å². The van der Waals surface area contributed by atoms with Crippen molar-refractivity contribution in [1.29, 1.82) is 0 Å². The highest BCUT2D eigenvalue weighted by molar-refractivity contribution is 7.08. The predicted octanol–water partition coefficient (Wildman–Crippen LogP) is 2.87. The summed E-state index contributed by atoms with van der Waals surface area (Å²) in [6.07, 6.45) is 0. The lowest BCUT2D eigenvalue weighted by Crippen LogP contribution is -2.01. The predicted molar refractivity (Wildman–Crippen MR) is 63.3 cm³/mol. The maximum absolute atomic E-state index is 12.0. The molecule has 2 aromatic rings. The molecule has 0 spiro atoms. The van der Waals surface area contributed by atoms with Gasteiger partial charge in [-0.15, -0.1) is 0 Å². The normalized spacial score (nSPS) is 10.2. The lowest BCUT2D eigenvalue weighted by molar-refractivity contribution is 0.103. The summed E-state index contributed by atoms with van der Waals surface area (Å²) in [5.74, 6) is 0.0339. The number of hydrogen-bond donors (Lipinski definition) is 1. The lowest BCUT2D eigenvalue weighted by atomic mass is 10.0. The molecule has 0 aliphatic carbocycles. The van der Waals surface area contributed by atoms with Gasteiger partial charge in [0.15, 0.2) is 5.78 Å². The van der Waals surface area contributed by atoms with E-state index in [1.807, 2.05) is 35.9 Å². The average molecular weight is 217 g/mol. The quantitative estimate of drug-likeness (QED) is 0.621. The molecule has 0 amide bonds. The summed E-state index contributed by atoms with van der Waals surface area (Å²) >= 11 is 1.52. The van der Waals surface area contributed by atoms with Gasteiger partial charge in [0.25, 0.3) is 0 Å². The number of carbonyl (C=O) groups excluding carboxylic acids is 1. The summed E-state index contributed by atoms with van der Waals surface area (Å²) in [7, 11) is 0. The molecule has 0 unspecified atom stereocenters. The van der Waals surface area contributed by atoms with Crippen LogP contribution in [0, 0.1) is 6.92 Å². The number of rotatable bonds is 2. The highest BCUT2D eigenvalue weighted by Gasteiger charge is 2.09. The van der Waals surface area contributed by atoms with Gasteiger partial charge in [0.05, 0.1) is 0 Å². The third-order valence-electron chi connectivity index (χ3n) is 2.15. The topological polar surface area (TPSA) is 43.1 Å². The zero-order valence-corrected chi connectivity index (χ0v) is 9.17. The molecule has 2 rings (SSSR count). The molecule has 1 heterocycles. The highest BCUT2D eigenvalue weighted by atomic mass is 32.1. The Balaban J connectivity index is 2.42. The summed E-state index contributed by atoms with van der Waals surface area (Å²) in [5, 5.41) is 3.74. The maximum Gasteiger partial charge on any atom is 0.193 e. The van der Waals surface area contributed by atoms with Crippen LogP contribution in [0.15, 0.2) is 35.0 Å². The summed E-state index contributed by atoms with van der Waals surface area (Å²) in [6, 6.07) is 7.25. The Morgan fingerprint density at radius 2 is 2.07 bits per heavy atom. The number of anilines is 1. The molecule has 0 saturated heterocycles. The van der Waals surface area contributed by atoms with Gasteiger partial charge in [0.1, 0.15) is 0 Å². The molecule has 1 aromatic carbocycles. The van der Waals surface area contributed by atoms with Crippen molar-refractivity contribution >= 4 is 22.8 Å². The monoisotopic (exact) mass is 217 g/mol. The van der Waals surface area contributed by atoms with Crippen LogP contribution < -0.4 is 5.73 Å². The number of thiophene rings is 1. The second-order valence-electron chi connectivity index (χ2n) is 3.47. The van der Waals surface area contributed by atoms with E-state index >= 15 is 0 Å². The number of benzene rings is 1. The molecular weight excluding hydrogens is 206 g/mol. The smallest absolute Gasteiger partial charge is 0.193 e.